The lowest BCUT2D eigenvalue weighted by Gasteiger charge is -2.15. The van der Waals surface area contributed by atoms with Gasteiger partial charge in [-0.1, -0.05) is 30.3 Å². The van der Waals surface area contributed by atoms with Gasteiger partial charge in [-0.25, -0.2) is 4.98 Å². The van der Waals surface area contributed by atoms with Gasteiger partial charge in [-0.05, 0) is 6.42 Å². The van der Waals surface area contributed by atoms with E-state index in [0.29, 0.717) is 24.6 Å². The van der Waals surface area contributed by atoms with E-state index < -0.39 is 5.97 Å². The first-order valence-electron chi connectivity index (χ1n) is 6.99. The molecule has 0 radical (unpaired) electrons. The highest BCUT2D eigenvalue weighted by atomic mass is 16.4. The molecule has 0 aliphatic rings. The van der Waals surface area contributed by atoms with Crippen LogP contribution in [-0.2, 0) is 4.79 Å². The molecule has 0 aliphatic carbocycles. The number of hydrogen-bond donors (Lipinski definition) is 1. The van der Waals surface area contributed by atoms with Crippen LogP contribution in [0.3, 0.4) is 0 Å². The van der Waals surface area contributed by atoms with E-state index in [1.54, 1.807) is 14.0 Å². The number of aliphatic carboxylic acids is 1. The van der Waals surface area contributed by atoms with Crippen LogP contribution < -0.4 is 0 Å². The summed E-state index contributed by atoms with van der Waals surface area (Å²) in [5.74, 6) is -0.293. The Bertz CT molecular complexity index is 664. The number of oxazole rings is 1. The molecule has 6 nitrogen and oxygen atoms in total. The number of rotatable bonds is 6. The van der Waals surface area contributed by atoms with Gasteiger partial charge in [0.05, 0.1) is 0 Å². The zero-order valence-electron chi connectivity index (χ0n) is 12.6. The van der Waals surface area contributed by atoms with Crippen LogP contribution in [-0.4, -0.2) is 40.5 Å². The van der Waals surface area contributed by atoms with Crippen LogP contribution in [0.4, 0.5) is 0 Å². The molecule has 22 heavy (non-hydrogen) atoms. The van der Waals surface area contributed by atoms with Crippen molar-refractivity contribution in [2.75, 3.05) is 13.6 Å². The van der Waals surface area contributed by atoms with Gasteiger partial charge in [0.25, 0.3) is 5.91 Å². The largest absolute Gasteiger partial charge is 0.481 e. The topological polar surface area (TPSA) is 83.6 Å². The van der Waals surface area contributed by atoms with Crippen molar-refractivity contribution in [1.82, 2.24) is 9.88 Å². The van der Waals surface area contributed by atoms with Crippen LogP contribution in [0, 0.1) is 6.92 Å². The van der Waals surface area contributed by atoms with Gasteiger partial charge in [-0.2, -0.15) is 0 Å². The molecule has 0 fully saturated rings. The first-order chi connectivity index (χ1) is 10.5. The maximum atomic E-state index is 12.5. The number of carbonyl (C=O) groups is 2. The van der Waals surface area contributed by atoms with Crippen LogP contribution >= 0.6 is 0 Å². The number of carboxylic acids is 1. The molecule has 0 aliphatic heterocycles. The van der Waals surface area contributed by atoms with Crippen molar-refractivity contribution < 1.29 is 19.1 Å². The molecule has 1 heterocycles. The minimum absolute atomic E-state index is 0.0288. The minimum atomic E-state index is -0.872. The highest BCUT2D eigenvalue weighted by Gasteiger charge is 2.22. The van der Waals surface area contributed by atoms with E-state index in [0.717, 1.165) is 5.56 Å². The van der Waals surface area contributed by atoms with E-state index >= 15 is 0 Å². The SMILES string of the molecule is Cc1nc(C(=O)N(C)CCCC(=O)O)c(-c2ccccc2)o1. The van der Waals surface area contributed by atoms with Crippen molar-refractivity contribution in [1.29, 1.82) is 0 Å². The Kier molecular flexibility index (Phi) is 4.93. The predicted octanol–water partition coefficient (Wildman–Crippen LogP) is 2.59. The van der Waals surface area contributed by atoms with Crippen molar-refractivity contribution in [3.63, 3.8) is 0 Å². The van der Waals surface area contributed by atoms with Crippen molar-refractivity contribution in [3.05, 3.63) is 41.9 Å². The van der Waals surface area contributed by atoms with E-state index in [1.165, 1.54) is 4.90 Å². The number of aryl methyl sites for hydroxylation is 1. The van der Waals surface area contributed by atoms with E-state index in [2.05, 4.69) is 4.98 Å². The summed E-state index contributed by atoms with van der Waals surface area (Å²) in [6.45, 7) is 2.04. The molecule has 0 unspecified atom stereocenters. The maximum Gasteiger partial charge on any atom is 0.303 e. The smallest absolute Gasteiger partial charge is 0.303 e. The molecule has 1 aromatic heterocycles. The van der Waals surface area contributed by atoms with E-state index in [9.17, 15) is 9.59 Å². The fourth-order valence-electron chi connectivity index (χ4n) is 2.11. The van der Waals surface area contributed by atoms with Gasteiger partial charge >= 0.3 is 5.97 Å². The molecule has 1 aromatic carbocycles. The fraction of sp³-hybridized carbons (Fsp3) is 0.312. The van der Waals surface area contributed by atoms with Gasteiger partial charge in [-0.3, -0.25) is 9.59 Å². The van der Waals surface area contributed by atoms with Gasteiger partial charge in [0.15, 0.2) is 17.3 Å². The van der Waals surface area contributed by atoms with Crippen molar-refractivity contribution in [2.45, 2.75) is 19.8 Å². The van der Waals surface area contributed by atoms with Gasteiger partial charge < -0.3 is 14.4 Å². The fourth-order valence-corrected chi connectivity index (χ4v) is 2.11. The quantitative estimate of drug-likeness (QED) is 0.886. The summed E-state index contributed by atoms with van der Waals surface area (Å²) >= 11 is 0. The van der Waals surface area contributed by atoms with Crippen LogP contribution in [0.5, 0.6) is 0 Å². The highest BCUT2D eigenvalue weighted by Crippen LogP contribution is 2.25. The Labute approximate surface area is 128 Å². The van der Waals surface area contributed by atoms with E-state index in [4.69, 9.17) is 9.52 Å². The number of carbonyl (C=O) groups excluding carboxylic acids is 1. The van der Waals surface area contributed by atoms with Crippen LogP contribution in [0.1, 0.15) is 29.2 Å². The molecule has 6 heteroatoms. The lowest BCUT2D eigenvalue weighted by molar-refractivity contribution is -0.137. The molecular formula is C16H18N2O4. The van der Waals surface area contributed by atoms with Crippen molar-refractivity contribution in [3.8, 4) is 11.3 Å². The van der Waals surface area contributed by atoms with Crippen molar-refractivity contribution in [2.24, 2.45) is 0 Å². The summed E-state index contributed by atoms with van der Waals surface area (Å²) in [4.78, 5) is 28.7. The number of nitrogens with zero attached hydrogens (tertiary/aromatic N) is 2. The second-order valence-corrected chi connectivity index (χ2v) is 5.00. The third-order valence-electron chi connectivity index (χ3n) is 3.20. The molecule has 2 rings (SSSR count). The Balaban J connectivity index is 2.18. The molecule has 0 atom stereocenters. The summed E-state index contributed by atoms with van der Waals surface area (Å²) < 4.78 is 5.56. The zero-order chi connectivity index (χ0) is 16.1. The van der Waals surface area contributed by atoms with Crippen LogP contribution in [0.2, 0.25) is 0 Å². The highest BCUT2D eigenvalue weighted by molar-refractivity contribution is 5.97. The number of hydrogen-bond acceptors (Lipinski definition) is 4. The first kappa shape index (κ1) is 15.8. The summed E-state index contributed by atoms with van der Waals surface area (Å²) in [5, 5.41) is 8.65. The standard InChI is InChI=1S/C16H18N2O4/c1-11-17-14(15(22-11)12-7-4-3-5-8-12)16(21)18(2)10-6-9-13(19)20/h3-5,7-8H,6,9-10H2,1-2H3,(H,19,20). The Hall–Kier alpha value is -2.63. The Morgan fingerprint density at radius 2 is 1.95 bits per heavy atom. The molecule has 0 bridgehead atoms. The predicted molar refractivity (Wildman–Crippen MR) is 80.5 cm³/mol. The van der Waals surface area contributed by atoms with E-state index in [1.807, 2.05) is 30.3 Å². The molecule has 0 saturated heterocycles. The summed E-state index contributed by atoms with van der Waals surface area (Å²) in [6.07, 6.45) is 0.427. The first-order valence-corrected chi connectivity index (χ1v) is 6.99. The van der Waals surface area contributed by atoms with Crippen molar-refractivity contribution >= 4 is 11.9 Å². The summed E-state index contributed by atoms with van der Waals surface area (Å²) in [7, 11) is 1.63. The average molecular weight is 302 g/mol. The average Bonchev–Trinajstić information content (AvgIpc) is 2.89. The minimum Gasteiger partial charge on any atom is -0.481 e. The third kappa shape index (κ3) is 3.72. The van der Waals surface area contributed by atoms with E-state index in [-0.39, 0.29) is 18.0 Å². The molecular weight excluding hydrogens is 284 g/mol. The summed E-state index contributed by atoms with van der Waals surface area (Å²) in [5.41, 5.74) is 1.03. The number of aromatic nitrogens is 1. The second kappa shape index (κ2) is 6.89. The lowest BCUT2D eigenvalue weighted by Crippen LogP contribution is -2.28. The molecule has 0 saturated carbocycles. The number of benzene rings is 1. The molecule has 2 aromatic rings. The number of amides is 1. The Morgan fingerprint density at radius 1 is 1.27 bits per heavy atom. The summed E-state index contributed by atoms with van der Waals surface area (Å²) in [6, 6.07) is 9.30. The molecule has 116 valence electrons. The van der Waals surface area contributed by atoms with Gasteiger partial charge in [0, 0.05) is 32.5 Å². The molecule has 1 N–H and O–H groups in total. The normalized spacial score (nSPS) is 10.5. The molecule has 0 spiro atoms. The zero-order valence-corrected chi connectivity index (χ0v) is 12.6. The third-order valence-corrected chi connectivity index (χ3v) is 3.20. The Morgan fingerprint density at radius 3 is 2.59 bits per heavy atom. The van der Waals surface area contributed by atoms with Gasteiger partial charge in [0.2, 0.25) is 0 Å². The monoisotopic (exact) mass is 302 g/mol. The van der Waals surface area contributed by atoms with Gasteiger partial charge in [0.1, 0.15) is 0 Å². The van der Waals surface area contributed by atoms with Crippen LogP contribution in [0.25, 0.3) is 11.3 Å². The van der Waals surface area contributed by atoms with Gasteiger partial charge in [-0.15, -0.1) is 0 Å². The number of carboxylic acid groups (broad SMARTS) is 1. The maximum absolute atomic E-state index is 12.5. The lowest BCUT2D eigenvalue weighted by atomic mass is 10.1. The molecule has 1 amide bonds. The van der Waals surface area contributed by atoms with Crippen LogP contribution in [0.15, 0.2) is 34.7 Å². The second-order valence-electron chi connectivity index (χ2n) is 5.00.